The molecule has 3 nitrogen and oxygen atoms in total. The van der Waals surface area contributed by atoms with E-state index in [1.54, 1.807) is 0 Å². The predicted octanol–water partition coefficient (Wildman–Crippen LogP) is 3.23. The molecule has 0 aromatic heterocycles. The fourth-order valence-corrected chi connectivity index (χ4v) is 2.49. The van der Waals surface area contributed by atoms with Gasteiger partial charge in [-0.1, -0.05) is 12.8 Å². The third kappa shape index (κ3) is 5.11. The van der Waals surface area contributed by atoms with Gasteiger partial charge in [0, 0.05) is 18.8 Å². The van der Waals surface area contributed by atoms with E-state index in [0.717, 1.165) is 31.4 Å². The second kappa shape index (κ2) is 7.39. The maximum Gasteiger partial charge on any atom is 0.119 e. The lowest BCUT2D eigenvalue weighted by molar-refractivity contribution is 0.261. The van der Waals surface area contributed by atoms with Crippen LogP contribution in [0.1, 0.15) is 25.7 Å². The minimum atomic E-state index is 0.738. The Kier molecular flexibility index (Phi) is 5.52. The van der Waals surface area contributed by atoms with Gasteiger partial charge in [0.15, 0.2) is 0 Å². The summed E-state index contributed by atoms with van der Waals surface area (Å²) < 4.78 is 5.68. The fourth-order valence-electron chi connectivity index (χ4n) is 2.49. The van der Waals surface area contributed by atoms with Gasteiger partial charge in [-0.3, -0.25) is 0 Å². The minimum Gasteiger partial charge on any atom is -0.492 e. The number of ether oxygens (including phenoxy) is 1. The Morgan fingerprint density at radius 1 is 1.16 bits per heavy atom. The van der Waals surface area contributed by atoms with Crippen molar-refractivity contribution in [3.63, 3.8) is 0 Å². The van der Waals surface area contributed by atoms with Gasteiger partial charge in [-0.2, -0.15) is 0 Å². The van der Waals surface area contributed by atoms with Gasteiger partial charge in [0.1, 0.15) is 12.4 Å². The Morgan fingerprint density at radius 3 is 2.47 bits per heavy atom. The van der Waals surface area contributed by atoms with E-state index in [1.165, 1.54) is 31.4 Å². The number of benzene rings is 1. The fraction of sp³-hybridized carbons (Fsp3) is 0.625. The number of hydrogen-bond donors (Lipinski definition) is 1. The largest absolute Gasteiger partial charge is 0.492 e. The SMILES string of the molecule is CN(C)CCOc1ccc(NCC2CCCC2)cc1. The van der Waals surface area contributed by atoms with E-state index in [-0.39, 0.29) is 0 Å². The molecule has 1 aliphatic carbocycles. The van der Waals surface area contributed by atoms with Crippen molar-refractivity contribution in [1.29, 1.82) is 0 Å². The average Bonchev–Trinajstić information content (AvgIpc) is 2.90. The first-order valence-electron chi connectivity index (χ1n) is 7.35. The number of anilines is 1. The summed E-state index contributed by atoms with van der Waals surface area (Å²) in [6.45, 7) is 2.80. The number of hydrogen-bond acceptors (Lipinski definition) is 3. The highest BCUT2D eigenvalue weighted by atomic mass is 16.5. The minimum absolute atomic E-state index is 0.738. The molecule has 1 N–H and O–H groups in total. The first-order chi connectivity index (χ1) is 9.24. The summed E-state index contributed by atoms with van der Waals surface area (Å²) in [5.41, 5.74) is 1.20. The van der Waals surface area contributed by atoms with Crippen LogP contribution < -0.4 is 10.1 Å². The van der Waals surface area contributed by atoms with Gasteiger partial charge in [0.2, 0.25) is 0 Å². The maximum atomic E-state index is 5.68. The lowest BCUT2D eigenvalue weighted by Crippen LogP contribution is -2.19. The standard InChI is InChI=1S/C16H26N2O/c1-18(2)11-12-19-16-9-7-15(8-10-16)17-13-14-5-3-4-6-14/h7-10,14,17H,3-6,11-13H2,1-2H3. The predicted molar refractivity (Wildman–Crippen MR) is 80.9 cm³/mol. The lowest BCUT2D eigenvalue weighted by Gasteiger charge is -2.13. The van der Waals surface area contributed by atoms with Crippen LogP contribution in [0.3, 0.4) is 0 Å². The van der Waals surface area contributed by atoms with E-state index in [0.29, 0.717) is 0 Å². The molecule has 1 aromatic rings. The summed E-state index contributed by atoms with van der Waals surface area (Å²) in [7, 11) is 4.11. The van der Waals surface area contributed by atoms with Crippen molar-refractivity contribution in [3.8, 4) is 5.75 Å². The van der Waals surface area contributed by atoms with E-state index in [4.69, 9.17) is 4.74 Å². The number of nitrogens with zero attached hydrogens (tertiary/aromatic N) is 1. The first-order valence-corrected chi connectivity index (χ1v) is 7.35. The van der Waals surface area contributed by atoms with Gasteiger partial charge in [-0.15, -0.1) is 0 Å². The molecule has 0 heterocycles. The molecule has 3 heteroatoms. The van der Waals surface area contributed by atoms with Crippen molar-refractivity contribution < 1.29 is 4.74 Å². The molecule has 0 bridgehead atoms. The van der Waals surface area contributed by atoms with Crippen LogP contribution in [0, 0.1) is 5.92 Å². The second-order valence-electron chi connectivity index (χ2n) is 5.71. The quantitative estimate of drug-likeness (QED) is 0.816. The van der Waals surface area contributed by atoms with Crippen molar-refractivity contribution in [2.45, 2.75) is 25.7 Å². The smallest absolute Gasteiger partial charge is 0.119 e. The van der Waals surface area contributed by atoms with Crippen LogP contribution in [-0.4, -0.2) is 38.7 Å². The van der Waals surface area contributed by atoms with E-state index >= 15 is 0 Å². The van der Waals surface area contributed by atoms with Gasteiger partial charge in [0.05, 0.1) is 0 Å². The molecule has 0 saturated heterocycles. The highest BCUT2D eigenvalue weighted by Crippen LogP contribution is 2.25. The molecule has 1 fully saturated rings. The third-order valence-electron chi connectivity index (χ3n) is 3.73. The average molecular weight is 262 g/mol. The maximum absolute atomic E-state index is 5.68. The van der Waals surface area contributed by atoms with Crippen molar-refractivity contribution in [2.75, 3.05) is 39.1 Å². The van der Waals surface area contributed by atoms with Crippen LogP contribution in [0.25, 0.3) is 0 Å². The van der Waals surface area contributed by atoms with Crippen LogP contribution in [0.5, 0.6) is 5.75 Å². The van der Waals surface area contributed by atoms with Crippen molar-refractivity contribution in [1.82, 2.24) is 4.90 Å². The third-order valence-corrected chi connectivity index (χ3v) is 3.73. The zero-order valence-corrected chi connectivity index (χ0v) is 12.2. The van der Waals surface area contributed by atoms with Gasteiger partial charge in [-0.25, -0.2) is 0 Å². The molecule has 0 atom stereocenters. The van der Waals surface area contributed by atoms with E-state index in [9.17, 15) is 0 Å². The summed E-state index contributed by atoms with van der Waals surface area (Å²) in [6, 6.07) is 8.32. The summed E-state index contributed by atoms with van der Waals surface area (Å²) in [5, 5.41) is 3.52. The molecule has 19 heavy (non-hydrogen) atoms. The molecular formula is C16H26N2O. The summed E-state index contributed by atoms with van der Waals surface area (Å²) in [5.74, 6) is 1.82. The Bertz CT molecular complexity index is 356. The van der Waals surface area contributed by atoms with Gasteiger partial charge < -0.3 is 15.0 Å². The molecule has 0 aliphatic heterocycles. The van der Waals surface area contributed by atoms with Crippen molar-refractivity contribution in [3.05, 3.63) is 24.3 Å². The Balaban J connectivity index is 1.71. The van der Waals surface area contributed by atoms with Crippen LogP contribution in [0.4, 0.5) is 5.69 Å². The van der Waals surface area contributed by atoms with E-state index in [2.05, 4.69) is 36.4 Å². The second-order valence-corrected chi connectivity index (χ2v) is 5.71. The zero-order chi connectivity index (χ0) is 13.5. The van der Waals surface area contributed by atoms with Gasteiger partial charge in [-0.05, 0) is 57.1 Å². The van der Waals surface area contributed by atoms with E-state index in [1.807, 2.05) is 12.1 Å². The summed E-state index contributed by atoms with van der Waals surface area (Å²) >= 11 is 0. The normalized spacial score (nSPS) is 15.9. The molecule has 1 aliphatic rings. The summed E-state index contributed by atoms with van der Waals surface area (Å²) in [6.07, 6.45) is 5.59. The van der Waals surface area contributed by atoms with Crippen molar-refractivity contribution in [2.24, 2.45) is 5.92 Å². The number of likely N-dealkylation sites (N-methyl/N-ethyl adjacent to an activating group) is 1. The highest BCUT2D eigenvalue weighted by Gasteiger charge is 2.14. The molecule has 2 rings (SSSR count). The zero-order valence-electron chi connectivity index (χ0n) is 12.2. The highest BCUT2D eigenvalue weighted by molar-refractivity contribution is 5.46. The topological polar surface area (TPSA) is 24.5 Å². The molecule has 1 saturated carbocycles. The van der Waals surface area contributed by atoms with Gasteiger partial charge in [0.25, 0.3) is 0 Å². The molecule has 0 radical (unpaired) electrons. The molecule has 0 spiro atoms. The molecule has 1 aromatic carbocycles. The van der Waals surface area contributed by atoms with Gasteiger partial charge >= 0.3 is 0 Å². The Morgan fingerprint density at radius 2 is 1.84 bits per heavy atom. The number of nitrogens with one attached hydrogen (secondary N) is 1. The molecule has 0 unspecified atom stereocenters. The molecular weight excluding hydrogens is 236 g/mol. The van der Waals surface area contributed by atoms with Crippen molar-refractivity contribution >= 4 is 5.69 Å². The van der Waals surface area contributed by atoms with Crippen LogP contribution in [0.2, 0.25) is 0 Å². The van der Waals surface area contributed by atoms with Crippen LogP contribution >= 0.6 is 0 Å². The van der Waals surface area contributed by atoms with Crippen LogP contribution in [-0.2, 0) is 0 Å². The molecule has 106 valence electrons. The van der Waals surface area contributed by atoms with E-state index < -0.39 is 0 Å². The lowest BCUT2D eigenvalue weighted by atomic mass is 10.1. The first kappa shape index (κ1) is 14.2. The molecule has 0 amide bonds. The monoisotopic (exact) mass is 262 g/mol. The van der Waals surface area contributed by atoms with Crippen LogP contribution in [0.15, 0.2) is 24.3 Å². The summed E-state index contributed by atoms with van der Waals surface area (Å²) in [4.78, 5) is 2.12. The Hall–Kier alpha value is -1.22. The Labute approximate surface area is 116 Å². The number of rotatable bonds is 7.